The quantitative estimate of drug-likeness (QED) is 0.632. The number of hydrogen-bond donors (Lipinski definition) is 2. The van der Waals surface area contributed by atoms with Gasteiger partial charge in [-0.3, -0.25) is 9.69 Å². The van der Waals surface area contributed by atoms with Crippen LogP contribution in [0.2, 0.25) is 0 Å². The van der Waals surface area contributed by atoms with Crippen LogP contribution in [0.3, 0.4) is 0 Å². The summed E-state index contributed by atoms with van der Waals surface area (Å²) in [5.41, 5.74) is 1.62. The van der Waals surface area contributed by atoms with E-state index < -0.39 is 5.60 Å². The highest BCUT2D eigenvalue weighted by Crippen LogP contribution is 2.44. The SMILES string of the molecule is CC1(C)OC(=O)N(C2CCC(NC(=O)c3ccc4cc[nH]c4n3)CC2)C1c1ccccc1. The monoisotopic (exact) mass is 432 g/mol. The molecule has 2 amide bonds. The fourth-order valence-corrected chi connectivity index (χ4v) is 5.15. The standard InChI is InChI=1S/C25H28N4O3/c1-25(2)21(16-6-4-3-5-7-16)29(24(31)32-25)19-11-9-18(10-12-19)27-23(30)20-13-8-17-14-15-26-22(17)28-20/h3-8,13-15,18-19,21H,9-12H2,1-2H3,(H,26,28)(H,27,30). The third-order valence-corrected chi connectivity index (χ3v) is 6.68. The van der Waals surface area contributed by atoms with Crippen LogP contribution in [0, 0.1) is 0 Å². The second kappa shape index (κ2) is 7.97. The maximum atomic E-state index is 12.8. The third kappa shape index (κ3) is 3.72. The van der Waals surface area contributed by atoms with Gasteiger partial charge in [0, 0.05) is 23.7 Å². The first-order valence-electron chi connectivity index (χ1n) is 11.2. The van der Waals surface area contributed by atoms with Gasteiger partial charge in [-0.25, -0.2) is 9.78 Å². The van der Waals surface area contributed by atoms with Gasteiger partial charge in [0.25, 0.3) is 5.91 Å². The predicted molar refractivity (Wildman–Crippen MR) is 121 cm³/mol. The molecule has 5 rings (SSSR count). The fraction of sp³-hybridized carbons (Fsp3) is 0.400. The zero-order valence-corrected chi connectivity index (χ0v) is 18.4. The van der Waals surface area contributed by atoms with E-state index >= 15 is 0 Å². The Morgan fingerprint density at radius 1 is 1.09 bits per heavy atom. The van der Waals surface area contributed by atoms with Gasteiger partial charge in [0.1, 0.15) is 16.9 Å². The van der Waals surface area contributed by atoms with Crippen LogP contribution in [0.25, 0.3) is 11.0 Å². The molecular weight excluding hydrogens is 404 g/mol. The number of aromatic amines is 1. The predicted octanol–water partition coefficient (Wildman–Crippen LogP) is 4.58. The van der Waals surface area contributed by atoms with Crippen molar-refractivity contribution >= 4 is 23.0 Å². The number of nitrogens with one attached hydrogen (secondary N) is 2. The minimum atomic E-state index is -0.592. The van der Waals surface area contributed by atoms with E-state index in [0.29, 0.717) is 11.3 Å². The second-order valence-corrected chi connectivity index (χ2v) is 9.28. The summed E-state index contributed by atoms with van der Waals surface area (Å²) in [5, 5.41) is 4.11. The van der Waals surface area contributed by atoms with Gasteiger partial charge in [-0.1, -0.05) is 30.3 Å². The first-order valence-corrected chi connectivity index (χ1v) is 11.2. The van der Waals surface area contributed by atoms with E-state index in [0.717, 1.165) is 36.6 Å². The van der Waals surface area contributed by atoms with Gasteiger partial charge in [0.05, 0.1) is 6.04 Å². The minimum Gasteiger partial charge on any atom is -0.441 e. The zero-order valence-electron chi connectivity index (χ0n) is 18.4. The molecule has 0 bridgehead atoms. The molecule has 2 aromatic heterocycles. The summed E-state index contributed by atoms with van der Waals surface area (Å²) in [6.45, 7) is 3.95. The van der Waals surface area contributed by atoms with Crippen LogP contribution < -0.4 is 5.32 Å². The number of amides is 2. The lowest BCUT2D eigenvalue weighted by molar-refractivity contribution is 0.0663. The van der Waals surface area contributed by atoms with E-state index in [1.165, 1.54) is 0 Å². The number of cyclic esters (lactones) is 1. The maximum absolute atomic E-state index is 12.8. The molecule has 3 heterocycles. The van der Waals surface area contributed by atoms with Crippen molar-refractivity contribution in [3.63, 3.8) is 0 Å². The molecule has 1 aliphatic heterocycles. The van der Waals surface area contributed by atoms with Gasteiger partial charge in [-0.2, -0.15) is 0 Å². The third-order valence-electron chi connectivity index (χ3n) is 6.68. The summed E-state index contributed by atoms with van der Waals surface area (Å²) in [4.78, 5) is 34.9. The molecule has 2 fully saturated rings. The van der Waals surface area contributed by atoms with Crippen LogP contribution in [0.1, 0.15) is 61.6 Å². The van der Waals surface area contributed by atoms with Crippen LogP contribution in [0.5, 0.6) is 0 Å². The number of aromatic nitrogens is 2. The van der Waals surface area contributed by atoms with Gasteiger partial charge >= 0.3 is 6.09 Å². The van der Waals surface area contributed by atoms with Crippen molar-refractivity contribution in [3.8, 4) is 0 Å². The summed E-state index contributed by atoms with van der Waals surface area (Å²) in [6, 6.07) is 15.7. The van der Waals surface area contributed by atoms with Crippen molar-refractivity contribution < 1.29 is 14.3 Å². The number of carbonyl (C=O) groups excluding carboxylic acids is 2. The van der Waals surface area contributed by atoms with Crippen LogP contribution in [-0.2, 0) is 4.74 Å². The fourth-order valence-electron chi connectivity index (χ4n) is 5.15. The molecule has 0 spiro atoms. The molecule has 1 unspecified atom stereocenters. The Morgan fingerprint density at radius 2 is 1.84 bits per heavy atom. The summed E-state index contributed by atoms with van der Waals surface area (Å²) < 4.78 is 5.77. The summed E-state index contributed by atoms with van der Waals surface area (Å²) >= 11 is 0. The molecule has 7 heteroatoms. The number of rotatable bonds is 4. The van der Waals surface area contributed by atoms with E-state index in [4.69, 9.17) is 4.74 Å². The van der Waals surface area contributed by atoms with Crippen LogP contribution >= 0.6 is 0 Å². The van der Waals surface area contributed by atoms with E-state index in [9.17, 15) is 9.59 Å². The highest BCUT2D eigenvalue weighted by molar-refractivity contribution is 5.94. The lowest BCUT2D eigenvalue weighted by atomic mass is 9.86. The average molecular weight is 433 g/mol. The molecule has 32 heavy (non-hydrogen) atoms. The Balaban J connectivity index is 1.25. The smallest absolute Gasteiger partial charge is 0.411 e. The molecule has 1 saturated heterocycles. The number of pyridine rings is 1. The van der Waals surface area contributed by atoms with Crippen molar-refractivity contribution in [2.24, 2.45) is 0 Å². The Hall–Kier alpha value is -3.35. The van der Waals surface area contributed by atoms with E-state index in [1.807, 2.05) is 55.3 Å². The molecule has 1 atom stereocenters. The first kappa shape index (κ1) is 20.5. The number of ether oxygens (including phenoxy) is 1. The van der Waals surface area contributed by atoms with Gasteiger partial charge in [-0.05, 0) is 63.3 Å². The highest BCUT2D eigenvalue weighted by Gasteiger charge is 2.51. The number of H-pyrrole nitrogens is 1. The number of nitrogens with zero attached hydrogens (tertiary/aromatic N) is 2. The molecule has 2 N–H and O–H groups in total. The van der Waals surface area contributed by atoms with Crippen molar-refractivity contribution in [1.82, 2.24) is 20.2 Å². The van der Waals surface area contributed by atoms with Crippen molar-refractivity contribution in [2.75, 3.05) is 0 Å². The molecule has 1 saturated carbocycles. The summed E-state index contributed by atoms with van der Waals surface area (Å²) in [5.74, 6) is -0.158. The normalized spacial score (nSPS) is 25.0. The minimum absolute atomic E-state index is 0.0710. The Kier molecular flexibility index (Phi) is 5.12. The molecule has 166 valence electrons. The molecular formula is C25H28N4O3. The molecule has 2 aliphatic rings. The van der Waals surface area contributed by atoms with E-state index in [1.54, 1.807) is 6.07 Å². The second-order valence-electron chi connectivity index (χ2n) is 9.28. The number of fused-ring (bicyclic) bond motifs is 1. The Bertz CT molecular complexity index is 1130. The Labute approximate surface area is 187 Å². The van der Waals surface area contributed by atoms with E-state index in [-0.39, 0.29) is 30.1 Å². The molecule has 1 aliphatic carbocycles. The van der Waals surface area contributed by atoms with Gasteiger partial charge in [0.15, 0.2) is 0 Å². The largest absolute Gasteiger partial charge is 0.441 e. The average Bonchev–Trinajstić information content (AvgIpc) is 3.35. The molecule has 3 aromatic rings. The molecule has 1 aromatic carbocycles. The number of hydrogen-bond acceptors (Lipinski definition) is 4. The summed E-state index contributed by atoms with van der Waals surface area (Å²) in [7, 11) is 0. The molecule has 7 nitrogen and oxygen atoms in total. The van der Waals surface area contributed by atoms with Crippen LogP contribution in [0.15, 0.2) is 54.7 Å². The van der Waals surface area contributed by atoms with Gasteiger partial charge in [0.2, 0.25) is 0 Å². The van der Waals surface area contributed by atoms with Crippen molar-refractivity contribution in [3.05, 3.63) is 66.0 Å². The number of benzene rings is 1. The maximum Gasteiger partial charge on any atom is 0.411 e. The van der Waals surface area contributed by atoms with Crippen LogP contribution in [-0.4, -0.2) is 44.6 Å². The van der Waals surface area contributed by atoms with Crippen molar-refractivity contribution in [2.45, 2.75) is 63.3 Å². The topological polar surface area (TPSA) is 87.3 Å². The highest BCUT2D eigenvalue weighted by atomic mass is 16.6. The van der Waals surface area contributed by atoms with Gasteiger partial charge < -0.3 is 15.0 Å². The lowest BCUT2D eigenvalue weighted by Gasteiger charge is -2.38. The van der Waals surface area contributed by atoms with Gasteiger partial charge in [-0.15, -0.1) is 0 Å². The Morgan fingerprint density at radius 3 is 2.59 bits per heavy atom. The number of carbonyl (C=O) groups is 2. The zero-order chi connectivity index (χ0) is 22.3. The van der Waals surface area contributed by atoms with E-state index in [2.05, 4.69) is 27.4 Å². The first-order chi connectivity index (χ1) is 15.4. The summed E-state index contributed by atoms with van der Waals surface area (Å²) in [6.07, 6.45) is 4.83. The van der Waals surface area contributed by atoms with Crippen LogP contribution in [0.4, 0.5) is 4.79 Å². The molecule has 0 radical (unpaired) electrons. The van der Waals surface area contributed by atoms with Crippen molar-refractivity contribution in [1.29, 1.82) is 0 Å². The lowest BCUT2D eigenvalue weighted by Crippen LogP contribution is -2.46.